The predicted octanol–water partition coefficient (Wildman–Crippen LogP) is 12.9. The number of aryl methyl sites for hydroxylation is 1. The molecule has 0 unspecified atom stereocenters. The van der Waals surface area contributed by atoms with Gasteiger partial charge in [-0.2, -0.15) is 0 Å². The molecule has 4 N–H and O–H groups in total. The van der Waals surface area contributed by atoms with Gasteiger partial charge in [-0.3, -0.25) is 9.97 Å². The van der Waals surface area contributed by atoms with E-state index in [0.717, 1.165) is 106 Å². The van der Waals surface area contributed by atoms with Gasteiger partial charge in [0.2, 0.25) is 0 Å². The molecule has 0 aliphatic carbocycles. The van der Waals surface area contributed by atoms with Crippen molar-refractivity contribution < 1.29 is 23.8 Å². The van der Waals surface area contributed by atoms with Crippen LogP contribution < -0.4 is 4.74 Å². The molecule has 6 aromatic heterocycles. The number of benzene rings is 2. The summed E-state index contributed by atoms with van der Waals surface area (Å²) in [6, 6.07) is 35.7. The Hall–Kier alpha value is -9.54. The average molecular weight is 1020 g/mol. The number of methoxy groups -OCH3 is 3. The maximum absolute atomic E-state index is 14.0. The molecule has 380 valence electrons. The van der Waals surface area contributed by atoms with Gasteiger partial charge in [-0.25, -0.2) is 19.6 Å². The molecular weight excluding hydrogens is 961 g/mol. The number of aromatic nitrogens is 8. The first-order valence-corrected chi connectivity index (χ1v) is 25.4. The van der Waals surface area contributed by atoms with Gasteiger partial charge < -0.3 is 34.1 Å². The van der Waals surface area contributed by atoms with Gasteiger partial charge in [-0.1, -0.05) is 63.8 Å². The lowest BCUT2D eigenvalue weighted by Gasteiger charge is -2.16. The Morgan fingerprint density at radius 3 is 1.74 bits per heavy atom. The summed E-state index contributed by atoms with van der Waals surface area (Å²) in [5.41, 5.74) is 18.7. The summed E-state index contributed by atoms with van der Waals surface area (Å²) in [5.74, 6) is 6.70. The van der Waals surface area contributed by atoms with Gasteiger partial charge in [0, 0.05) is 85.0 Å². The smallest absolute Gasteiger partial charge is 0.340 e. The lowest BCUT2D eigenvalue weighted by molar-refractivity contribution is 0.0593. The minimum Gasteiger partial charge on any atom is -0.493 e. The third-order valence-electron chi connectivity index (χ3n) is 14.7. The Kier molecular flexibility index (Phi) is 11.7. The molecule has 0 saturated heterocycles. The van der Waals surface area contributed by atoms with Gasteiger partial charge >= 0.3 is 11.9 Å². The van der Waals surface area contributed by atoms with Crippen molar-refractivity contribution in [1.29, 1.82) is 0 Å². The molecule has 77 heavy (non-hydrogen) atoms. The summed E-state index contributed by atoms with van der Waals surface area (Å²) in [4.78, 5) is 61.4. The number of hydrogen-bond donors (Lipinski definition) is 4. The van der Waals surface area contributed by atoms with E-state index in [1.54, 1.807) is 19.2 Å². The number of esters is 2. The van der Waals surface area contributed by atoms with Gasteiger partial charge in [-0.05, 0) is 133 Å². The Labute approximate surface area is 444 Å². The SMILES string of the molecule is COC(=O)c1ccc(-c2c(C(=O)OC)c3cc4nc(cc5[nH]c(c(C)c5C#Cc5ccc(-c6c7nc(cc8ccc(cc9ccc(cc%10nc6C=C%10)[nH]9)[nH]8)C=C7)cc5)c(OC)c5nc(cc2[nH]3)C(C)(C)C5)C(C)(C)C4)cc1. The third-order valence-corrected chi connectivity index (χ3v) is 14.7. The number of nitrogens with zero attached hydrogens (tertiary/aromatic N) is 4. The number of carbonyl (C=O) groups is 2. The summed E-state index contributed by atoms with van der Waals surface area (Å²) in [6.07, 6.45) is 9.32. The number of aromatic amines is 4. The normalized spacial score (nSPS) is 14.0. The number of hydrogen-bond acceptors (Lipinski definition) is 9. The maximum Gasteiger partial charge on any atom is 0.340 e. The standard InChI is InChI=1S/C64H54N8O5/c1-35-47(24-11-36-9-12-37(13-10-36)56-48-25-22-44(67-48)28-42-20-18-40(65-42)27-41-19-21-43(66-41)29-45-23-26-49(56)68-45)50-31-54-63(2,3)33-46(69-54)30-51-58(62(74)77-8)57(38-14-16-39(17-15-38)61(73)76-7)52(70-51)32-55-64(4,5)34-53(71-55)60(75-6)59(35)72-50/h9-10,12-23,25-32,65-66,70,72H,33-34H2,1-8H3. The summed E-state index contributed by atoms with van der Waals surface area (Å²) < 4.78 is 16.8. The van der Waals surface area contributed by atoms with Gasteiger partial charge in [0.15, 0.2) is 5.75 Å². The topological polar surface area (TPSA) is 177 Å². The van der Waals surface area contributed by atoms with Crippen LogP contribution >= 0.6 is 0 Å². The molecule has 4 aliphatic heterocycles. The molecule has 16 bridgehead atoms. The number of rotatable bonds is 5. The number of H-pyrrole nitrogens is 4. The van der Waals surface area contributed by atoms with Gasteiger partial charge in [0.25, 0.3) is 0 Å². The zero-order valence-corrected chi connectivity index (χ0v) is 43.9. The first-order valence-electron chi connectivity index (χ1n) is 25.4. The van der Waals surface area contributed by atoms with E-state index in [1.165, 1.54) is 14.2 Å². The fourth-order valence-electron chi connectivity index (χ4n) is 10.7. The van der Waals surface area contributed by atoms with Crippen molar-refractivity contribution >= 4 is 80.4 Å². The highest BCUT2D eigenvalue weighted by Crippen LogP contribution is 2.41. The molecule has 0 radical (unpaired) electrons. The van der Waals surface area contributed by atoms with E-state index >= 15 is 0 Å². The van der Waals surface area contributed by atoms with Crippen molar-refractivity contribution in [2.24, 2.45) is 0 Å². The second-order valence-corrected chi connectivity index (χ2v) is 21.1. The van der Waals surface area contributed by atoms with E-state index in [-0.39, 0.29) is 0 Å². The summed E-state index contributed by atoms with van der Waals surface area (Å²) in [5, 5.41) is 0. The quantitative estimate of drug-likeness (QED) is 0.0965. The summed E-state index contributed by atoms with van der Waals surface area (Å²) in [6.45, 7) is 10.7. The molecule has 0 atom stereocenters. The molecule has 13 nitrogen and oxygen atoms in total. The van der Waals surface area contributed by atoms with Gasteiger partial charge in [-0.15, -0.1) is 0 Å². The largest absolute Gasteiger partial charge is 0.493 e. The van der Waals surface area contributed by atoms with Crippen LogP contribution in [0.4, 0.5) is 0 Å². The Balaban J connectivity index is 1.02. The first-order chi connectivity index (χ1) is 37.1. The van der Waals surface area contributed by atoms with Crippen LogP contribution in [0.2, 0.25) is 0 Å². The maximum atomic E-state index is 14.0. The molecule has 13 heteroatoms. The number of fused-ring (bicyclic) bond motifs is 16. The second kappa shape index (κ2) is 18.7. The lowest BCUT2D eigenvalue weighted by atomic mass is 9.86. The van der Waals surface area contributed by atoms with E-state index in [9.17, 15) is 9.59 Å². The molecule has 2 aromatic carbocycles. The van der Waals surface area contributed by atoms with Crippen LogP contribution in [0.15, 0.2) is 109 Å². The Morgan fingerprint density at radius 1 is 0.545 bits per heavy atom. The second-order valence-electron chi connectivity index (χ2n) is 21.1. The zero-order valence-electron chi connectivity index (χ0n) is 43.9. The van der Waals surface area contributed by atoms with Crippen molar-refractivity contribution in [2.75, 3.05) is 21.3 Å². The molecule has 0 spiro atoms. The fourth-order valence-corrected chi connectivity index (χ4v) is 10.7. The zero-order chi connectivity index (χ0) is 53.3. The third kappa shape index (κ3) is 8.97. The highest BCUT2D eigenvalue weighted by Gasteiger charge is 2.34. The van der Waals surface area contributed by atoms with E-state index in [4.69, 9.17) is 34.1 Å². The molecule has 8 aromatic rings. The predicted molar refractivity (Wildman–Crippen MR) is 304 cm³/mol. The highest BCUT2D eigenvalue weighted by atomic mass is 16.5. The van der Waals surface area contributed by atoms with Crippen LogP contribution in [0.25, 0.3) is 90.7 Å². The molecule has 4 aliphatic rings. The van der Waals surface area contributed by atoms with Crippen LogP contribution in [0.1, 0.15) is 111 Å². The minimum absolute atomic E-state index is 0.341. The number of carbonyl (C=O) groups excluding carboxylic acids is 2. The molecule has 0 amide bonds. The van der Waals surface area contributed by atoms with E-state index in [1.807, 2.05) is 72.8 Å². The van der Waals surface area contributed by atoms with Crippen LogP contribution in [-0.2, 0) is 33.1 Å². The highest BCUT2D eigenvalue weighted by molar-refractivity contribution is 6.09. The molecule has 10 heterocycles. The van der Waals surface area contributed by atoms with Crippen molar-refractivity contribution in [3.8, 4) is 39.8 Å². The van der Waals surface area contributed by atoms with E-state index in [0.29, 0.717) is 51.9 Å². The summed E-state index contributed by atoms with van der Waals surface area (Å²) >= 11 is 0. The van der Waals surface area contributed by atoms with E-state index < -0.39 is 22.8 Å². The molecule has 12 rings (SSSR count). The van der Waals surface area contributed by atoms with Crippen molar-refractivity contribution in [1.82, 2.24) is 39.9 Å². The number of nitrogens with one attached hydrogen (secondary N) is 4. The number of ether oxygens (including phenoxy) is 3. The Bertz CT molecular complexity index is 4190. The van der Waals surface area contributed by atoms with Crippen molar-refractivity contribution in [3.63, 3.8) is 0 Å². The van der Waals surface area contributed by atoms with Gasteiger partial charge in [0.05, 0.1) is 83.0 Å². The fraction of sp³-hybridized carbons (Fsp3) is 0.188. The lowest BCUT2D eigenvalue weighted by Crippen LogP contribution is -2.15. The molecule has 0 fully saturated rings. The molecule has 0 saturated carbocycles. The average Bonchev–Trinajstić information content (AvgIpc) is 4.44. The summed E-state index contributed by atoms with van der Waals surface area (Å²) in [7, 11) is 4.39. The van der Waals surface area contributed by atoms with Crippen LogP contribution in [0.5, 0.6) is 5.75 Å². The van der Waals surface area contributed by atoms with Gasteiger partial charge in [0.1, 0.15) is 0 Å². The van der Waals surface area contributed by atoms with Crippen molar-refractivity contribution in [2.45, 2.75) is 58.3 Å². The van der Waals surface area contributed by atoms with E-state index in [2.05, 4.69) is 115 Å². The first kappa shape index (κ1) is 48.4. The van der Waals surface area contributed by atoms with Crippen LogP contribution in [0.3, 0.4) is 0 Å². The minimum atomic E-state index is -0.521. The van der Waals surface area contributed by atoms with Crippen molar-refractivity contribution in [3.05, 3.63) is 183 Å². The van der Waals surface area contributed by atoms with Crippen LogP contribution in [0, 0.1) is 18.8 Å². The van der Waals surface area contributed by atoms with Crippen LogP contribution in [-0.4, -0.2) is 73.1 Å². The Morgan fingerprint density at radius 2 is 1.12 bits per heavy atom. The molecular formula is C64H54N8O5. The monoisotopic (exact) mass is 1010 g/mol.